The van der Waals surface area contributed by atoms with E-state index < -0.39 is 0 Å². The lowest BCUT2D eigenvalue weighted by Crippen LogP contribution is -2.02. The molecule has 4 rings (SSSR count). The third-order valence-electron chi connectivity index (χ3n) is 3.93. The Morgan fingerprint density at radius 1 is 0.920 bits per heavy atom. The number of benzene rings is 1. The molecule has 1 aromatic carbocycles. The van der Waals surface area contributed by atoms with Crippen molar-refractivity contribution >= 4 is 17.0 Å². The van der Waals surface area contributed by atoms with Gasteiger partial charge in [0.2, 0.25) is 0 Å². The molecule has 4 aromatic rings. The standard InChI is InChI=1S/C18H16N6.CH4/c19-11-12-5-7-13(8-6-12)24-17(14-3-1-9-21-16(14)20)23-15-4-2-10-22-18(15)24;/h1-10H,11,19H2,(H2,20,21);1H4. The Morgan fingerprint density at radius 2 is 1.64 bits per heavy atom. The summed E-state index contributed by atoms with van der Waals surface area (Å²) in [5.74, 6) is 1.16. The van der Waals surface area contributed by atoms with Crippen molar-refractivity contribution in [1.29, 1.82) is 0 Å². The largest absolute Gasteiger partial charge is 0.383 e. The zero-order valence-corrected chi connectivity index (χ0v) is 12.9. The minimum absolute atomic E-state index is 0. The highest BCUT2D eigenvalue weighted by Gasteiger charge is 2.17. The van der Waals surface area contributed by atoms with Crippen molar-refractivity contribution in [3.63, 3.8) is 0 Å². The van der Waals surface area contributed by atoms with Crippen LogP contribution in [0.4, 0.5) is 5.82 Å². The maximum absolute atomic E-state index is 6.07. The minimum atomic E-state index is 0. The summed E-state index contributed by atoms with van der Waals surface area (Å²) >= 11 is 0. The fraction of sp³-hybridized carbons (Fsp3) is 0.105. The van der Waals surface area contributed by atoms with Crippen LogP contribution in [0.1, 0.15) is 13.0 Å². The second-order valence-electron chi connectivity index (χ2n) is 5.42. The van der Waals surface area contributed by atoms with E-state index in [9.17, 15) is 0 Å². The molecular weight excluding hydrogens is 312 g/mol. The van der Waals surface area contributed by atoms with Crippen LogP contribution < -0.4 is 11.5 Å². The number of pyridine rings is 2. The second kappa shape index (κ2) is 6.70. The van der Waals surface area contributed by atoms with Crippen LogP contribution in [0.15, 0.2) is 60.9 Å². The first-order chi connectivity index (χ1) is 11.8. The summed E-state index contributed by atoms with van der Waals surface area (Å²) in [7, 11) is 0. The second-order valence-corrected chi connectivity index (χ2v) is 5.42. The molecule has 126 valence electrons. The number of anilines is 1. The Bertz CT molecular complexity index is 1000. The first-order valence-electron chi connectivity index (χ1n) is 7.61. The van der Waals surface area contributed by atoms with Crippen LogP contribution >= 0.6 is 0 Å². The SMILES string of the molecule is C.NCc1ccc(-n2c(-c3cccnc3N)nc3cccnc32)cc1. The summed E-state index contributed by atoms with van der Waals surface area (Å²) in [5, 5.41) is 0. The van der Waals surface area contributed by atoms with E-state index in [0.29, 0.717) is 12.4 Å². The molecule has 0 bridgehead atoms. The van der Waals surface area contributed by atoms with Gasteiger partial charge in [-0.25, -0.2) is 15.0 Å². The Labute approximate surface area is 146 Å². The van der Waals surface area contributed by atoms with E-state index >= 15 is 0 Å². The summed E-state index contributed by atoms with van der Waals surface area (Å²) in [6, 6.07) is 15.6. The van der Waals surface area contributed by atoms with Gasteiger partial charge in [-0.05, 0) is 42.0 Å². The molecule has 25 heavy (non-hydrogen) atoms. The van der Waals surface area contributed by atoms with Gasteiger partial charge >= 0.3 is 0 Å². The maximum atomic E-state index is 6.07. The first-order valence-corrected chi connectivity index (χ1v) is 7.61. The van der Waals surface area contributed by atoms with Crippen LogP contribution in [-0.4, -0.2) is 19.5 Å². The van der Waals surface area contributed by atoms with E-state index in [1.807, 2.05) is 53.1 Å². The van der Waals surface area contributed by atoms with Crippen LogP contribution in [-0.2, 0) is 6.54 Å². The fourth-order valence-corrected chi connectivity index (χ4v) is 2.73. The van der Waals surface area contributed by atoms with E-state index in [-0.39, 0.29) is 7.43 Å². The predicted octanol–water partition coefficient (Wildman–Crippen LogP) is 3.16. The highest BCUT2D eigenvalue weighted by molar-refractivity contribution is 5.82. The Kier molecular flexibility index (Phi) is 4.45. The molecule has 0 radical (unpaired) electrons. The van der Waals surface area contributed by atoms with Gasteiger partial charge in [0.15, 0.2) is 11.5 Å². The molecule has 3 aromatic heterocycles. The van der Waals surface area contributed by atoms with Crippen molar-refractivity contribution in [2.24, 2.45) is 5.73 Å². The quantitative estimate of drug-likeness (QED) is 0.601. The number of nitrogens with two attached hydrogens (primary N) is 2. The van der Waals surface area contributed by atoms with Crippen LogP contribution in [0, 0.1) is 0 Å². The molecule has 3 heterocycles. The van der Waals surface area contributed by atoms with Crippen molar-refractivity contribution in [2.45, 2.75) is 14.0 Å². The zero-order chi connectivity index (χ0) is 16.5. The highest BCUT2D eigenvalue weighted by atomic mass is 15.1. The minimum Gasteiger partial charge on any atom is -0.383 e. The molecule has 0 aliphatic heterocycles. The average Bonchev–Trinajstić information content (AvgIpc) is 3.01. The number of aromatic nitrogens is 4. The number of fused-ring (bicyclic) bond motifs is 1. The number of imidazole rings is 1. The van der Waals surface area contributed by atoms with Gasteiger partial charge in [-0.15, -0.1) is 0 Å². The zero-order valence-electron chi connectivity index (χ0n) is 12.9. The summed E-state index contributed by atoms with van der Waals surface area (Å²) < 4.78 is 1.99. The Hall–Kier alpha value is -3.25. The molecule has 0 aliphatic carbocycles. The lowest BCUT2D eigenvalue weighted by atomic mass is 10.2. The van der Waals surface area contributed by atoms with Crippen molar-refractivity contribution in [3.05, 3.63) is 66.5 Å². The molecule has 0 unspecified atom stereocenters. The summed E-state index contributed by atoms with van der Waals surface area (Å²) in [6.45, 7) is 0.506. The molecule has 4 N–H and O–H groups in total. The summed E-state index contributed by atoms with van der Waals surface area (Å²) in [4.78, 5) is 13.4. The van der Waals surface area contributed by atoms with Gasteiger partial charge in [0.25, 0.3) is 0 Å². The van der Waals surface area contributed by atoms with Crippen LogP contribution in [0.2, 0.25) is 0 Å². The van der Waals surface area contributed by atoms with E-state index in [2.05, 4.69) is 9.97 Å². The molecule has 6 heteroatoms. The Morgan fingerprint density at radius 3 is 2.36 bits per heavy atom. The molecule has 0 saturated heterocycles. The lowest BCUT2D eigenvalue weighted by molar-refractivity contribution is 1.04. The number of hydrogen-bond donors (Lipinski definition) is 2. The van der Waals surface area contributed by atoms with Crippen LogP contribution in [0.3, 0.4) is 0 Å². The third kappa shape index (κ3) is 2.83. The molecule has 0 fully saturated rings. The summed E-state index contributed by atoms with van der Waals surface area (Å²) in [6.07, 6.45) is 3.42. The van der Waals surface area contributed by atoms with Gasteiger partial charge in [0.05, 0.1) is 5.56 Å². The van der Waals surface area contributed by atoms with Crippen LogP contribution in [0.5, 0.6) is 0 Å². The number of nitrogens with zero attached hydrogens (tertiary/aromatic N) is 4. The number of rotatable bonds is 3. The van der Waals surface area contributed by atoms with Gasteiger partial charge < -0.3 is 11.5 Å². The maximum Gasteiger partial charge on any atom is 0.164 e. The first kappa shape index (κ1) is 16.6. The van der Waals surface area contributed by atoms with Gasteiger partial charge in [0, 0.05) is 24.6 Å². The smallest absolute Gasteiger partial charge is 0.164 e. The molecule has 6 nitrogen and oxygen atoms in total. The van der Waals surface area contributed by atoms with Crippen molar-refractivity contribution in [3.8, 4) is 17.1 Å². The van der Waals surface area contributed by atoms with Crippen LogP contribution in [0.25, 0.3) is 28.2 Å². The molecule has 0 aliphatic rings. The van der Waals surface area contributed by atoms with E-state index in [1.165, 1.54) is 0 Å². The van der Waals surface area contributed by atoms with Gasteiger partial charge in [0.1, 0.15) is 11.3 Å². The van der Waals surface area contributed by atoms with E-state index in [4.69, 9.17) is 16.5 Å². The predicted molar refractivity (Wildman–Crippen MR) is 101 cm³/mol. The topological polar surface area (TPSA) is 95.6 Å². The molecule has 0 amide bonds. The third-order valence-corrected chi connectivity index (χ3v) is 3.93. The normalized spacial score (nSPS) is 10.6. The average molecular weight is 332 g/mol. The monoisotopic (exact) mass is 332 g/mol. The highest BCUT2D eigenvalue weighted by Crippen LogP contribution is 2.29. The van der Waals surface area contributed by atoms with Crippen molar-refractivity contribution in [2.75, 3.05) is 5.73 Å². The molecule has 0 atom stereocenters. The molecule has 0 spiro atoms. The van der Waals surface area contributed by atoms with Gasteiger partial charge in [-0.1, -0.05) is 19.6 Å². The Balaban J connectivity index is 0.00000182. The number of hydrogen-bond acceptors (Lipinski definition) is 5. The van der Waals surface area contributed by atoms with Crippen molar-refractivity contribution in [1.82, 2.24) is 19.5 Å². The van der Waals surface area contributed by atoms with E-state index in [1.54, 1.807) is 12.4 Å². The molecular formula is C19H20N6. The number of nitrogen functional groups attached to an aromatic ring is 1. The fourth-order valence-electron chi connectivity index (χ4n) is 2.73. The molecule has 0 saturated carbocycles. The van der Waals surface area contributed by atoms with Gasteiger partial charge in [-0.3, -0.25) is 4.57 Å². The van der Waals surface area contributed by atoms with Gasteiger partial charge in [-0.2, -0.15) is 0 Å². The van der Waals surface area contributed by atoms with E-state index in [0.717, 1.165) is 33.8 Å². The van der Waals surface area contributed by atoms with Crippen molar-refractivity contribution < 1.29 is 0 Å². The lowest BCUT2D eigenvalue weighted by Gasteiger charge is -2.10. The summed E-state index contributed by atoms with van der Waals surface area (Å²) in [5.41, 5.74) is 16.1.